The van der Waals surface area contributed by atoms with E-state index in [0.29, 0.717) is 12.2 Å². The quantitative estimate of drug-likeness (QED) is 0.466. The molecule has 3 nitrogen and oxygen atoms in total. The van der Waals surface area contributed by atoms with Gasteiger partial charge in [0.1, 0.15) is 12.5 Å². The molecule has 22 heavy (non-hydrogen) atoms. The first kappa shape index (κ1) is 18.4. The molecule has 122 valence electrons. The molecule has 1 N–H and O–H groups in total. The molecular formula is C19H30NO2+. The number of aliphatic hydroxyl groups excluding tert-OH is 1. The van der Waals surface area contributed by atoms with Gasteiger partial charge in [0.2, 0.25) is 5.69 Å². The third kappa shape index (κ3) is 3.25. The van der Waals surface area contributed by atoms with Gasteiger partial charge < -0.3 is 9.84 Å². The zero-order valence-electron chi connectivity index (χ0n) is 14.9. The van der Waals surface area contributed by atoms with Crippen LogP contribution in [0.3, 0.4) is 0 Å². The van der Waals surface area contributed by atoms with E-state index in [0.717, 1.165) is 16.8 Å². The van der Waals surface area contributed by atoms with Gasteiger partial charge in [0.15, 0.2) is 5.54 Å². The van der Waals surface area contributed by atoms with Gasteiger partial charge in [-0.1, -0.05) is 32.6 Å². The Kier molecular flexibility index (Phi) is 5.58. The maximum Gasteiger partial charge on any atom is 0.216 e. The van der Waals surface area contributed by atoms with E-state index in [9.17, 15) is 5.11 Å². The van der Waals surface area contributed by atoms with Crippen molar-refractivity contribution >= 4 is 18.2 Å². The summed E-state index contributed by atoms with van der Waals surface area (Å²) in [6.45, 7) is 19.1. The summed E-state index contributed by atoms with van der Waals surface area (Å²) in [7, 11) is 1.63. The molecule has 0 aromatic heterocycles. The Morgan fingerprint density at radius 1 is 1.27 bits per heavy atom. The standard InChI is InChI=1S/C19H30NO2/c1-14-10-9-11-16(17(14)15(2)22-8)20(7)19(5,6)18(3,4)12-13-21/h9-11,21H,2,7,12-13H2,1,3-6,8H3/q+1. The normalized spacial score (nSPS) is 12.1. The molecular weight excluding hydrogens is 274 g/mol. The molecule has 0 bridgehead atoms. The summed E-state index contributed by atoms with van der Waals surface area (Å²) in [5.41, 5.74) is 2.70. The van der Waals surface area contributed by atoms with E-state index in [1.165, 1.54) is 0 Å². The van der Waals surface area contributed by atoms with Crippen LogP contribution >= 0.6 is 0 Å². The first-order valence-electron chi connectivity index (χ1n) is 7.64. The molecule has 0 saturated heterocycles. The fraction of sp³-hybridized carbons (Fsp3) is 0.526. The molecule has 0 aliphatic heterocycles. The van der Waals surface area contributed by atoms with Crippen LogP contribution in [0.1, 0.15) is 45.2 Å². The Morgan fingerprint density at radius 3 is 2.36 bits per heavy atom. The molecule has 0 aliphatic rings. The topological polar surface area (TPSA) is 32.5 Å². The molecule has 0 saturated carbocycles. The molecule has 0 spiro atoms. The molecule has 0 aliphatic carbocycles. The van der Waals surface area contributed by atoms with Crippen molar-refractivity contribution in [3.63, 3.8) is 0 Å². The maximum absolute atomic E-state index is 9.37. The van der Waals surface area contributed by atoms with E-state index in [1.54, 1.807) is 7.11 Å². The highest BCUT2D eigenvalue weighted by molar-refractivity contribution is 5.70. The second kappa shape index (κ2) is 6.66. The number of rotatable bonds is 7. The van der Waals surface area contributed by atoms with E-state index >= 15 is 0 Å². The Balaban J connectivity index is 3.41. The average Bonchev–Trinajstić information content (AvgIpc) is 2.45. The van der Waals surface area contributed by atoms with E-state index in [-0.39, 0.29) is 17.6 Å². The lowest BCUT2D eigenvalue weighted by Crippen LogP contribution is -2.47. The number of nitrogens with zero attached hydrogens (tertiary/aromatic N) is 1. The minimum atomic E-state index is -0.258. The summed E-state index contributed by atoms with van der Waals surface area (Å²) in [5.74, 6) is 0.637. The van der Waals surface area contributed by atoms with E-state index in [1.807, 2.05) is 29.7 Å². The molecule has 0 atom stereocenters. The lowest BCUT2D eigenvalue weighted by molar-refractivity contribution is -0.541. The lowest BCUT2D eigenvalue weighted by Gasteiger charge is -2.38. The van der Waals surface area contributed by atoms with Crippen molar-refractivity contribution in [1.29, 1.82) is 0 Å². The van der Waals surface area contributed by atoms with E-state index in [4.69, 9.17) is 4.74 Å². The Bertz CT molecular complexity index is 571. The Morgan fingerprint density at radius 2 is 1.86 bits per heavy atom. The molecule has 0 unspecified atom stereocenters. The van der Waals surface area contributed by atoms with Crippen molar-refractivity contribution in [3.05, 3.63) is 35.9 Å². The van der Waals surface area contributed by atoms with Crippen molar-refractivity contribution in [2.45, 2.75) is 46.6 Å². The van der Waals surface area contributed by atoms with Gasteiger partial charge in [-0.15, -0.1) is 0 Å². The number of ether oxygens (including phenoxy) is 1. The average molecular weight is 304 g/mol. The summed E-state index contributed by atoms with van der Waals surface area (Å²) in [5, 5.41) is 9.37. The van der Waals surface area contributed by atoms with Crippen molar-refractivity contribution in [2.75, 3.05) is 13.7 Å². The molecule has 0 amide bonds. The summed E-state index contributed by atoms with van der Waals surface area (Å²) in [4.78, 5) is 0. The van der Waals surface area contributed by atoms with Gasteiger partial charge in [-0.05, 0) is 18.9 Å². The zero-order chi connectivity index (χ0) is 17.1. The minimum Gasteiger partial charge on any atom is -0.496 e. The largest absolute Gasteiger partial charge is 0.496 e. The second-order valence-electron chi connectivity index (χ2n) is 6.94. The van der Waals surface area contributed by atoms with Crippen LogP contribution in [0.5, 0.6) is 0 Å². The van der Waals surface area contributed by atoms with Crippen LogP contribution in [-0.4, -0.2) is 35.7 Å². The predicted octanol–water partition coefficient (Wildman–Crippen LogP) is 4.14. The van der Waals surface area contributed by atoms with Crippen LogP contribution < -0.4 is 0 Å². The van der Waals surface area contributed by atoms with Gasteiger partial charge in [0, 0.05) is 31.9 Å². The van der Waals surface area contributed by atoms with Crippen molar-refractivity contribution in [1.82, 2.24) is 0 Å². The van der Waals surface area contributed by atoms with Crippen molar-refractivity contribution in [3.8, 4) is 0 Å². The van der Waals surface area contributed by atoms with Gasteiger partial charge in [-0.2, -0.15) is 4.58 Å². The number of hydrogen-bond donors (Lipinski definition) is 1. The number of methoxy groups -OCH3 is 1. The highest BCUT2D eigenvalue weighted by Crippen LogP contribution is 2.41. The van der Waals surface area contributed by atoms with Crippen LogP contribution in [0.15, 0.2) is 24.8 Å². The fourth-order valence-electron chi connectivity index (χ4n) is 2.59. The minimum absolute atomic E-state index is 0.112. The first-order valence-corrected chi connectivity index (χ1v) is 7.64. The molecule has 1 aromatic carbocycles. The molecule has 0 heterocycles. The van der Waals surface area contributed by atoms with Crippen LogP contribution in [0, 0.1) is 12.3 Å². The summed E-state index contributed by atoms with van der Waals surface area (Å²) >= 11 is 0. The van der Waals surface area contributed by atoms with Gasteiger partial charge >= 0.3 is 0 Å². The molecule has 3 heteroatoms. The lowest BCUT2D eigenvalue weighted by atomic mass is 9.71. The molecule has 1 aromatic rings. The predicted molar refractivity (Wildman–Crippen MR) is 93.8 cm³/mol. The van der Waals surface area contributed by atoms with Gasteiger partial charge in [-0.25, -0.2) is 0 Å². The Labute approximate surface area is 134 Å². The number of aliphatic hydroxyl groups is 1. The number of benzene rings is 1. The first-order chi connectivity index (χ1) is 10.1. The highest BCUT2D eigenvalue weighted by atomic mass is 16.5. The van der Waals surface area contributed by atoms with Crippen LogP contribution in [0.4, 0.5) is 5.69 Å². The van der Waals surface area contributed by atoms with Crippen molar-refractivity contribution in [2.24, 2.45) is 5.41 Å². The van der Waals surface area contributed by atoms with Gasteiger partial charge in [0.05, 0.1) is 12.7 Å². The van der Waals surface area contributed by atoms with E-state index in [2.05, 4.69) is 41.0 Å². The summed E-state index contributed by atoms with van der Waals surface area (Å²) in [6.07, 6.45) is 0.707. The van der Waals surface area contributed by atoms with Crippen LogP contribution in [0.25, 0.3) is 5.76 Å². The Hall–Kier alpha value is -1.61. The summed E-state index contributed by atoms with van der Waals surface area (Å²) < 4.78 is 7.39. The highest BCUT2D eigenvalue weighted by Gasteiger charge is 2.46. The molecule has 1 rings (SSSR count). The molecule has 0 radical (unpaired) electrons. The SMILES string of the molecule is C=C(OC)c1c(C)cccc1[N+](=C)C(C)(C)C(C)(C)CCO. The third-order valence-electron chi connectivity index (χ3n) is 5.13. The maximum atomic E-state index is 9.37. The van der Waals surface area contributed by atoms with Crippen LogP contribution in [-0.2, 0) is 4.74 Å². The van der Waals surface area contributed by atoms with Crippen LogP contribution in [0.2, 0.25) is 0 Å². The fourth-order valence-corrected chi connectivity index (χ4v) is 2.59. The molecule has 0 fully saturated rings. The smallest absolute Gasteiger partial charge is 0.216 e. The third-order valence-corrected chi connectivity index (χ3v) is 5.13. The zero-order valence-corrected chi connectivity index (χ0v) is 14.9. The van der Waals surface area contributed by atoms with Gasteiger partial charge in [-0.3, -0.25) is 0 Å². The summed E-state index contributed by atoms with van der Waals surface area (Å²) in [6, 6.07) is 6.10. The van der Waals surface area contributed by atoms with Gasteiger partial charge in [0.25, 0.3) is 0 Å². The van der Waals surface area contributed by atoms with Crippen molar-refractivity contribution < 1.29 is 14.4 Å². The number of aryl methyl sites for hydroxylation is 1. The monoisotopic (exact) mass is 304 g/mol. The number of hydrogen-bond acceptors (Lipinski definition) is 2. The second-order valence-corrected chi connectivity index (χ2v) is 6.94. The van der Waals surface area contributed by atoms with E-state index < -0.39 is 0 Å².